The first-order chi connectivity index (χ1) is 11.2. The van der Waals surface area contributed by atoms with Crippen LogP contribution in [0.5, 0.6) is 5.75 Å². The summed E-state index contributed by atoms with van der Waals surface area (Å²) < 4.78 is 0. The molecule has 1 aliphatic heterocycles. The van der Waals surface area contributed by atoms with Crippen molar-refractivity contribution in [3.63, 3.8) is 0 Å². The summed E-state index contributed by atoms with van der Waals surface area (Å²) in [7, 11) is 0. The van der Waals surface area contributed by atoms with Gasteiger partial charge >= 0.3 is 0 Å². The molecule has 0 aromatic heterocycles. The lowest BCUT2D eigenvalue weighted by Gasteiger charge is -2.33. The molecule has 1 aromatic carbocycles. The van der Waals surface area contributed by atoms with Crippen LogP contribution in [0, 0.1) is 0 Å². The lowest BCUT2D eigenvalue weighted by Crippen LogP contribution is -2.40. The fraction of sp³-hybridized carbons (Fsp3) is 0.632. The molecule has 23 heavy (non-hydrogen) atoms. The molecule has 0 unspecified atom stereocenters. The van der Waals surface area contributed by atoms with Crippen LogP contribution in [-0.2, 0) is 11.2 Å². The average molecular weight is 316 g/mol. The van der Waals surface area contributed by atoms with E-state index in [1.54, 1.807) is 18.2 Å². The highest BCUT2D eigenvalue weighted by Gasteiger charge is 2.25. The van der Waals surface area contributed by atoms with E-state index in [4.69, 9.17) is 0 Å². The van der Waals surface area contributed by atoms with Crippen LogP contribution < -0.4 is 0 Å². The van der Waals surface area contributed by atoms with E-state index in [1.807, 2.05) is 11.0 Å². The molecule has 1 heterocycles. The number of carbonyl (C=O) groups excluding carboxylic acids is 1. The molecule has 2 aliphatic rings. The van der Waals surface area contributed by atoms with E-state index in [0.29, 0.717) is 6.42 Å². The van der Waals surface area contributed by atoms with E-state index in [1.165, 1.54) is 32.1 Å². The maximum absolute atomic E-state index is 12.5. The van der Waals surface area contributed by atoms with Gasteiger partial charge in [0.2, 0.25) is 5.91 Å². The summed E-state index contributed by atoms with van der Waals surface area (Å²) in [6.45, 7) is 3.84. The molecule has 1 N–H and O–H groups in total. The van der Waals surface area contributed by atoms with Crippen LogP contribution in [0.2, 0.25) is 0 Å². The predicted molar refractivity (Wildman–Crippen MR) is 91.5 cm³/mol. The van der Waals surface area contributed by atoms with Crippen molar-refractivity contribution in [3.8, 4) is 5.75 Å². The molecule has 3 rings (SSSR count). The molecule has 1 aromatic rings. The number of phenols is 1. The molecule has 1 aliphatic carbocycles. The van der Waals surface area contributed by atoms with E-state index in [-0.39, 0.29) is 11.7 Å². The summed E-state index contributed by atoms with van der Waals surface area (Å²) in [6, 6.07) is 7.77. The first kappa shape index (κ1) is 16.3. The Kier molecular flexibility index (Phi) is 5.55. The van der Waals surface area contributed by atoms with Gasteiger partial charge in [0.25, 0.3) is 0 Å². The molecule has 1 saturated carbocycles. The van der Waals surface area contributed by atoms with Crippen molar-refractivity contribution >= 4 is 5.91 Å². The zero-order valence-electron chi connectivity index (χ0n) is 13.9. The van der Waals surface area contributed by atoms with E-state index < -0.39 is 0 Å². The third-order valence-corrected chi connectivity index (χ3v) is 5.24. The summed E-state index contributed by atoms with van der Waals surface area (Å²) in [5.41, 5.74) is 0.892. The summed E-state index contributed by atoms with van der Waals surface area (Å²) >= 11 is 0. The second-order valence-electron chi connectivity index (χ2n) is 6.91. The van der Waals surface area contributed by atoms with Gasteiger partial charge in [0.05, 0.1) is 6.42 Å². The Hall–Kier alpha value is -1.55. The predicted octanol–water partition coefficient (Wildman–Crippen LogP) is 2.80. The fourth-order valence-corrected chi connectivity index (χ4v) is 3.95. The van der Waals surface area contributed by atoms with Gasteiger partial charge in [-0.1, -0.05) is 31.4 Å². The summed E-state index contributed by atoms with van der Waals surface area (Å²) in [5.74, 6) is 0.413. The molecular formula is C19H28N2O2. The molecule has 0 radical (unpaired) electrons. The molecule has 0 spiro atoms. The summed E-state index contributed by atoms with van der Waals surface area (Å²) in [4.78, 5) is 17.2. The van der Waals surface area contributed by atoms with Crippen LogP contribution in [-0.4, -0.2) is 53.0 Å². The number of aromatic hydroxyl groups is 1. The maximum Gasteiger partial charge on any atom is 0.227 e. The first-order valence-corrected chi connectivity index (χ1v) is 9.02. The summed E-state index contributed by atoms with van der Waals surface area (Å²) in [5, 5.41) is 9.53. The SMILES string of the molecule is O=C(Cc1cccc(O)c1)N1CCCN(C2CCCCC2)CC1. The Labute approximate surface area is 139 Å². The minimum atomic E-state index is 0.182. The van der Waals surface area contributed by atoms with Crippen LogP contribution >= 0.6 is 0 Å². The molecule has 0 atom stereocenters. The quantitative estimate of drug-likeness (QED) is 0.932. The standard InChI is InChI=1S/C19H28N2O2/c22-18-9-4-6-16(14-18)15-19(23)21-11-5-10-20(12-13-21)17-7-2-1-3-8-17/h4,6,9,14,17,22H,1-3,5,7-8,10-13,15H2. The minimum Gasteiger partial charge on any atom is -0.508 e. The minimum absolute atomic E-state index is 0.182. The van der Waals surface area contributed by atoms with Gasteiger partial charge in [0, 0.05) is 32.2 Å². The van der Waals surface area contributed by atoms with Crippen molar-refractivity contribution in [1.82, 2.24) is 9.80 Å². The van der Waals surface area contributed by atoms with Crippen molar-refractivity contribution in [2.24, 2.45) is 0 Å². The highest BCUT2D eigenvalue weighted by atomic mass is 16.3. The number of rotatable bonds is 3. The highest BCUT2D eigenvalue weighted by molar-refractivity contribution is 5.78. The van der Waals surface area contributed by atoms with E-state index in [0.717, 1.165) is 44.2 Å². The van der Waals surface area contributed by atoms with Gasteiger partial charge < -0.3 is 10.0 Å². The van der Waals surface area contributed by atoms with Crippen molar-refractivity contribution in [1.29, 1.82) is 0 Å². The van der Waals surface area contributed by atoms with Crippen LogP contribution in [0.4, 0.5) is 0 Å². The Bertz CT molecular complexity index is 526. The van der Waals surface area contributed by atoms with Gasteiger partial charge in [-0.05, 0) is 37.0 Å². The average Bonchev–Trinajstić information content (AvgIpc) is 2.82. The molecule has 4 nitrogen and oxygen atoms in total. The Balaban J connectivity index is 1.53. The van der Waals surface area contributed by atoms with Crippen molar-refractivity contribution < 1.29 is 9.90 Å². The number of phenolic OH excluding ortho intramolecular Hbond substituents is 1. The molecule has 1 amide bonds. The topological polar surface area (TPSA) is 43.8 Å². The van der Waals surface area contributed by atoms with Crippen LogP contribution in [0.15, 0.2) is 24.3 Å². The molecule has 126 valence electrons. The van der Waals surface area contributed by atoms with Crippen LogP contribution in [0.25, 0.3) is 0 Å². The molecule has 1 saturated heterocycles. The monoisotopic (exact) mass is 316 g/mol. The Morgan fingerprint density at radius 2 is 1.87 bits per heavy atom. The summed E-state index contributed by atoms with van der Waals surface area (Å²) in [6.07, 6.45) is 8.23. The number of amides is 1. The second kappa shape index (κ2) is 7.82. The van der Waals surface area contributed by atoms with E-state index >= 15 is 0 Å². The van der Waals surface area contributed by atoms with Crippen molar-refractivity contribution in [2.75, 3.05) is 26.2 Å². The number of nitrogens with zero attached hydrogens (tertiary/aromatic N) is 2. The fourth-order valence-electron chi connectivity index (χ4n) is 3.95. The number of carbonyl (C=O) groups is 1. The van der Waals surface area contributed by atoms with Crippen molar-refractivity contribution in [2.45, 2.75) is 51.0 Å². The van der Waals surface area contributed by atoms with Gasteiger partial charge in [-0.25, -0.2) is 0 Å². The Morgan fingerprint density at radius 3 is 2.65 bits per heavy atom. The molecule has 2 fully saturated rings. The normalized spacial score (nSPS) is 21.1. The molecule has 4 heteroatoms. The Morgan fingerprint density at radius 1 is 1.04 bits per heavy atom. The van der Waals surface area contributed by atoms with Gasteiger partial charge in [-0.2, -0.15) is 0 Å². The molecule has 0 bridgehead atoms. The zero-order chi connectivity index (χ0) is 16.1. The molecular weight excluding hydrogens is 288 g/mol. The third kappa shape index (κ3) is 4.47. The van der Waals surface area contributed by atoms with E-state index in [9.17, 15) is 9.90 Å². The largest absolute Gasteiger partial charge is 0.508 e. The van der Waals surface area contributed by atoms with Gasteiger partial charge in [-0.15, -0.1) is 0 Å². The third-order valence-electron chi connectivity index (χ3n) is 5.24. The first-order valence-electron chi connectivity index (χ1n) is 9.02. The number of hydrogen-bond acceptors (Lipinski definition) is 3. The second-order valence-corrected chi connectivity index (χ2v) is 6.91. The zero-order valence-corrected chi connectivity index (χ0v) is 13.9. The van der Waals surface area contributed by atoms with Crippen molar-refractivity contribution in [3.05, 3.63) is 29.8 Å². The maximum atomic E-state index is 12.5. The number of benzene rings is 1. The van der Waals surface area contributed by atoms with Gasteiger partial charge in [0.15, 0.2) is 0 Å². The van der Waals surface area contributed by atoms with Gasteiger partial charge in [0.1, 0.15) is 5.75 Å². The lowest BCUT2D eigenvalue weighted by molar-refractivity contribution is -0.130. The smallest absolute Gasteiger partial charge is 0.227 e. The van der Waals surface area contributed by atoms with E-state index in [2.05, 4.69) is 4.90 Å². The van der Waals surface area contributed by atoms with Crippen LogP contribution in [0.1, 0.15) is 44.1 Å². The highest BCUT2D eigenvalue weighted by Crippen LogP contribution is 2.23. The van der Waals surface area contributed by atoms with Gasteiger partial charge in [-0.3, -0.25) is 9.69 Å². The number of hydrogen-bond donors (Lipinski definition) is 1. The van der Waals surface area contributed by atoms with Crippen LogP contribution in [0.3, 0.4) is 0 Å². The lowest BCUT2D eigenvalue weighted by atomic mass is 9.94.